The second kappa shape index (κ2) is 7.14. The van der Waals surface area contributed by atoms with Gasteiger partial charge >= 0.3 is 0 Å². The quantitative estimate of drug-likeness (QED) is 0.219. The maximum Gasteiger partial charge on any atom is 0.235 e. The molecule has 0 fully saturated rings. The van der Waals surface area contributed by atoms with E-state index in [1.165, 1.54) is 5.39 Å². The smallest absolute Gasteiger partial charge is 0.235 e. The molecule has 9 rings (SSSR count). The minimum atomic E-state index is 0.633. The molecule has 0 amide bonds. The highest BCUT2D eigenvalue weighted by atomic mass is 16.3. The van der Waals surface area contributed by atoms with Gasteiger partial charge in [-0.25, -0.2) is 9.97 Å². The molecule has 0 unspecified atom stereocenters. The van der Waals surface area contributed by atoms with Crippen molar-refractivity contribution in [1.82, 2.24) is 19.5 Å². The number of benzene rings is 5. The Morgan fingerprint density at radius 2 is 1.39 bits per heavy atom. The Balaban J connectivity index is 1.53. The first-order valence-corrected chi connectivity index (χ1v) is 12.6. The van der Waals surface area contributed by atoms with Crippen molar-refractivity contribution in [2.24, 2.45) is 0 Å². The van der Waals surface area contributed by atoms with Crippen molar-refractivity contribution < 1.29 is 4.42 Å². The largest absolute Gasteiger partial charge is 0.454 e. The van der Waals surface area contributed by atoms with Crippen LogP contribution in [0.15, 0.2) is 114 Å². The summed E-state index contributed by atoms with van der Waals surface area (Å²) in [5.74, 6) is 0.633. The van der Waals surface area contributed by atoms with E-state index in [0.29, 0.717) is 5.95 Å². The van der Waals surface area contributed by atoms with E-state index in [4.69, 9.17) is 19.4 Å². The third-order valence-corrected chi connectivity index (χ3v) is 7.68. The molecule has 0 saturated carbocycles. The molecule has 0 atom stereocenters. The van der Waals surface area contributed by atoms with Crippen LogP contribution >= 0.6 is 0 Å². The SMILES string of the molecule is c1ccc2c(c1)ccc1nc(-n3c4ccccc4c4c5cccnc5c5oc6ccccc6c5c43)ncc12. The molecule has 0 spiro atoms. The van der Waals surface area contributed by atoms with E-state index in [9.17, 15) is 0 Å². The Hall–Kier alpha value is -5.29. The molecule has 0 aliphatic heterocycles. The number of furan rings is 1. The van der Waals surface area contributed by atoms with Gasteiger partial charge in [0.2, 0.25) is 5.95 Å². The average Bonchev–Trinajstić information content (AvgIpc) is 3.53. The summed E-state index contributed by atoms with van der Waals surface area (Å²) in [7, 11) is 0. The molecule has 4 aromatic heterocycles. The highest BCUT2D eigenvalue weighted by Gasteiger charge is 2.24. The van der Waals surface area contributed by atoms with Gasteiger partial charge in [-0.3, -0.25) is 9.55 Å². The average molecular weight is 487 g/mol. The maximum absolute atomic E-state index is 6.46. The normalized spacial score (nSPS) is 12.2. The zero-order valence-corrected chi connectivity index (χ0v) is 20.1. The number of hydrogen-bond acceptors (Lipinski definition) is 4. The van der Waals surface area contributed by atoms with Gasteiger partial charge in [-0.1, -0.05) is 72.8 Å². The van der Waals surface area contributed by atoms with Crippen LogP contribution in [-0.2, 0) is 0 Å². The van der Waals surface area contributed by atoms with E-state index in [1.807, 2.05) is 30.6 Å². The van der Waals surface area contributed by atoms with Crippen molar-refractivity contribution in [3.8, 4) is 5.95 Å². The van der Waals surface area contributed by atoms with Gasteiger partial charge < -0.3 is 4.42 Å². The van der Waals surface area contributed by atoms with Crippen LogP contribution in [0.25, 0.3) is 82.3 Å². The number of para-hydroxylation sites is 2. The van der Waals surface area contributed by atoms with Crippen LogP contribution in [0.5, 0.6) is 0 Å². The summed E-state index contributed by atoms with van der Waals surface area (Å²) < 4.78 is 8.65. The van der Waals surface area contributed by atoms with E-state index in [2.05, 4.69) is 83.4 Å². The van der Waals surface area contributed by atoms with E-state index in [-0.39, 0.29) is 0 Å². The van der Waals surface area contributed by atoms with Gasteiger partial charge in [-0.15, -0.1) is 0 Å². The lowest BCUT2D eigenvalue weighted by atomic mass is 10.0. The second-order valence-electron chi connectivity index (χ2n) is 9.67. The molecular weight excluding hydrogens is 468 g/mol. The van der Waals surface area contributed by atoms with E-state index < -0.39 is 0 Å². The number of aromatic nitrogens is 4. The summed E-state index contributed by atoms with van der Waals surface area (Å²) in [4.78, 5) is 14.9. The second-order valence-corrected chi connectivity index (χ2v) is 9.67. The Morgan fingerprint density at radius 1 is 0.605 bits per heavy atom. The summed E-state index contributed by atoms with van der Waals surface area (Å²) in [6.45, 7) is 0. The van der Waals surface area contributed by atoms with Crippen molar-refractivity contribution in [1.29, 1.82) is 0 Å². The van der Waals surface area contributed by atoms with Crippen LogP contribution in [0, 0.1) is 0 Å². The van der Waals surface area contributed by atoms with Crippen LogP contribution in [0.3, 0.4) is 0 Å². The lowest BCUT2D eigenvalue weighted by molar-refractivity contribution is 0.672. The van der Waals surface area contributed by atoms with Crippen LogP contribution < -0.4 is 0 Å². The Morgan fingerprint density at radius 3 is 2.34 bits per heavy atom. The summed E-state index contributed by atoms with van der Waals surface area (Å²) in [6.07, 6.45) is 3.78. The first kappa shape index (κ1) is 19.8. The monoisotopic (exact) mass is 486 g/mol. The fourth-order valence-electron chi connectivity index (χ4n) is 6.08. The van der Waals surface area contributed by atoms with Crippen LogP contribution in [0.4, 0.5) is 0 Å². The van der Waals surface area contributed by atoms with Gasteiger partial charge in [-0.2, -0.15) is 0 Å². The van der Waals surface area contributed by atoms with Crippen molar-refractivity contribution in [3.63, 3.8) is 0 Å². The number of nitrogens with zero attached hydrogens (tertiary/aromatic N) is 4. The lowest BCUT2D eigenvalue weighted by Crippen LogP contribution is -2.01. The summed E-state index contributed by atoms with van der Waals surface area (Å²) >= 11 is 0. The van der Waals surface area contributed by atoms with Crippen LogP contribution in [-0.4, -0.2) is 19.5 Å². The Labute approximate surface area is 215 Å². The van der Waals surface area contributed by atoms with Gasteiger partial charge in [-0.05, 0) is 35.0 Å². The molecule has 5 heteroatoms. The first-order chi connectivity index (χ1) is 18.9. The lowest BCUT2D eigenvalue weighted by Gasteiger charge is -2.10. The van der Waals surface area contributed by atoms with E-state index in [0.717, 1.165) is 70.9 Å². The number of rotatable bonds is 1. The molecule has 0 aliphatic rings. The molecule has 0 radical (unpaired) electrons. The molecule has 0 bridgehead atoms. The number of fused-ring (bicyclic) bond motifs is 13. The zero-order valence-electron chi connectivity index (χ0n) is 20.1. The molecule has 9 aromatic rings. The van der Waals surface area contributed by atoms with Crippen LogP contribution in [0.1, 0.15) is 0 Å². The van der Waals surface area contributed by atoms with Gasteiger partial charge in [0, 0.05) is 39.3 Å². The third kappa shape index (κ3) is 2.47. The number of hydrogen-bond donors (Lipinski definition) is 0. The van der Waals surface area contributed by atoms with Gasteiger partial charge in [0.25, 0.3) is 0 Å². The van der Waals surface area contributed by atoms with Gasteiger partial charge in [0.1, 0.15) is 11.1 Å². The summed E-state index contributed by atoms with van der Waals surface area (Å²) in [6, 6.07) is 33.3. The molecule has 0 N–H and O–H groups in total. The molecule has 5 nitrogen and oxygen atoms in total. The Kier molecular flexibility index (Phi) is 3.73. The minimum absolute atomic E-state index is 0.633. The molecule has 0 aliphatic carbocycles. The maximum atomic E-state index is 6.46. The van der Waals surface area contributed by atoms with Crippen LogP contribution in [0.2, 0.25) is 0 Å². The first-order valence-electron chi connectivity index (χ1n) is 12.6. The fourth-order valence-corrected chi connectivity index (χ4v) is 6.08. The van der Waals surface area contributed by atoms with E-state index in [1.54, 1.807) is 0 Å². The minimum Gasteiger partial charge on any atom is -0.454 e. The molecular formula is C33H18N4O. The topological polar surface area (TPSA) is 56.7 Å². The highest BCUT2D eigenvalue weighted by Crippen LogP contribution is 2.44. The van der Waals surface area contributed by atoms with Gasteiger partial charge in [0.05, 0.1) is 21.9 Å². The summed E-state index contributed by atoms with van der Waals surface area (Å²) in [5.41, 5.74) is 5.47. The van der Waals surface area contributed by atoms with Crippen molar-refractivity contribution >= 4 is 76.3 Å². The zero-order chi connectivity index (χ0) is 24.8. The fraction of sp³-hybridized carbons (Fsp3) is 0. The van der Waals surface area contributed by atoms with Gasteiger partial charge in [0.15, 0.2) is 5.58 Å². The standard InChI is InChI=1S/C33H18N4O/c1-2-9-20-19(8-1)15-16-25-24(20)18-35-33(36-25)37-26-13-5-3-10-21(26)28-23-12-7-17-34-30(23)32-29(31(28)37)22-11-4-6-14-27(22)38-32/h1-18H. The molecule has 176 valence electrons. The number of pyridine rings is 1. The molecule has 0 saturated heterocycles. The third-order valence-electron chi connectivity index (χ3n) is 7.68. The molecule has 38 heavy (non-hydrogen) atoms. The predicted octanol–water partition coefficient (Wildman–Crippen LogP) is 8.33. The van der Waals surface area contributed by atoms with Crippen molar-refractivity contribution in [3.05, 3.63) is 109 Å². The van der Waals surface area contributed by atoms with E-state index >= 15 is 0 Å². The van der Waals surface area contributed by atoms with Crippen molar-refractivity contribution in [2.75, 3.05) is 0 Å². The van der Waals surface area contributed by atoms with Crippen molar-refractivity contribution in [2.45, 2.75) is 0 Å². The highest BCUT2D eigenvalue weighted by molar-refractivity contribution is 6.34. The molecule has 4 heterocycles. The predicted molar refractivity (Wildman–Crippen MR) is 154 cm³/mol. The Bertz CT molecular complexity index is 2420. The summed E-state index contributed by atoms with van der Waals surface area (Å²) in [5, 5.41) is 8.77. The molecule has 5 aromatic carbocycles.